The number of benzene rings is 3. The lowest BCUT2D eigenvalue weighted by Gasteiger charge is -2.40. The third-order valence-electron chi connectivity index (χ3n) is 8.47. The smallest absolute Gasteiger partial charge is 0.261 e. The zero-order valence-corrected chi connectivity index (χ0v) is 21.2. The first-order chi connectivity index (χ1) is 17.8. The number of nitrogens with zero attached hydrogens (tertiary/aromatic N) is 3. The van der Waals surface area contributed by atoms with Gasteiger partial charge in [-0.2, -0.15) is 5.06 Å². The number of hydrogen-bond acceptors (Lipinski definition) is 5. The molecule has 188 valence electrons. The Balaban J connectivity index is 1.38. The zero-order chi connectivity index (χ0) is 25.9. The fourth-order valence-corrected chi connectivity index (χ4v) is 6.51. The minimum Gasteiger partial charge on any atom is -0.351 e. The van der Waals surface area contributed by atoms with Crippen molar-refractivity contribution in [2.45, 2.75) is 38.5 Å². The predicted molar refractivity (Wildman–Crippen MR) is 139 cm³/mol. The largest absolute Gasteiger partial charge is 0.351 e. The maximum Gasteiger partial charge on any atom is 0.261 e. The van der Waals surface area contributed by atoms with E-state index in [1.165, 1.54) is 9.96 Å². The van der Waals surface area contributed by atoms with Gasteiger partial charge in [-0.25, -0.2) is 0 Å². The van der Waals surface area contributed by atoms with Gasteiger partial charge in [0.2, 0.25) is 0 Å². The monoisotopic (exact) mass is 495 g/mol. The SMILES string of the molecule is CN1c2ccccc2C2(CCN3C(=O)c4ccccc4C3=O)C1N(OCc1ccccc1)C(=O)C2(C)C. The topological polar surface area (TPSA) is 70.2 Å². The van der Waals surface area contributed by atoms with Crippen molar-refractivity contribution in [3.63, 3.8) is 0 Å². The van der Waals surface area contributed by atoms with Crippen LogP contribution >= 0.6 is 0 Å². The number of carbonyl (C=O) groups is 3. The number of likely N-dealkylation sites (N-methyl/N-ethyl adjacent to an activating group) is 1. The number of rotatable bonds is 6. The van der Waals surface area contributed by atoms with Gasteiger partial charge in [0.1, 0.15) is 12.8 Å². The number of hydrogen-bond donors (Lipinski definition) is 0. The lowest BCUT2D eigenvalue weighted by Crippen LogP contribution is -2.52. The summed E-state index contributed by atoms with van der Waals surface area (Å²) < 4.78 is 0. The van der Waals surface area contributed by atoms with Gasteiger partial charge in [-0.1, -0.05) is 60.7 Å². The minimum absolute atomic E-state index is 0.114. The molecule has 0 radical (unpaired) electrons. The number of carbonyl (C=O) groups excluding carboxylic acids is 3. The van der Waals surface area contributed by atoms with Crippen molar-refractivity contribution >= 4 is 23.4 Å². The summed E-state index contributed by atoms with van der Waals surface area (Å²) in [5, 5.41) is 1.52. The van der Waals surface area contributed by atoms with Gasteiger partial charge < -0.3 is 4.90 Å². The van der Waals surface area contributed by atoms with E-state index in [2.05, 4.69) is 11.0 Å². The average Bonchev–Trinajstić information content (AvgIpc) is 3.38. The van der Waals surface area contributed by atoms with Crippen molar-refractivity contribution in [2.24, 2.45) is 5.41 Å². The summed E-state index contributed by atoms with van der Waals surface area (Å²) in [7, 11) is 1.97. The summed E-state index contributed by atoms with van der Waals surface area (Å²) in [5.41, 5.74) is 2.32. The second-order valence-corrected chi connectivity index (χ2v) is 10.5. The Labute approximate surface area is 216 Å². The second-order valence-electron chi connectivity index (χ2n) is 10.5. The number of fused-ring (bicyclic) bond motifs is 4. The summed E-state index contributed by atoms with van der Waals surface area (Å²) in [4.78, 5) is 49.9. The van der Waals surface area contributed by atoms with Crippen LogP contribution in [0.15, 0.2) is 78.9 Å². The van der Waals surface area contributed by atoms with E-state index < -0.39 is 17.0 Å². The van der Waals surface area contributed by atoms with Gasteiger partial charge in [0.05, 0.1) is 22.0 Å². The Morgan fingerprint density at radius 1 is 0.811 bits per heavy atom. The molecule has 37 heavy (non-hydrogen) atoms. The van der Waals surface area contributed by atoms with Crippen LogP contribution in [0, 0.1) is 5.41 Å². The van der Waals surface area contributed by atoms with Gasteiger partial charge in [0.25, 0.3) is 17.7 Å². The Hall–Kier alpha value is -3.97. The minimum atomic E-state index is -0.853. The number of imide groups is 1. The predicted octanol–water partition coefficient (Wildman–Crippen LogP) is 4.39. The van der Waals surface area contributed by atoms with E-state index in [9.17, 15) is 14.4 Å². The van der Waals surface area contributed by atoms with Crippen molar-refractivity contribution in [3.05, 3.63) is 101 Å². The van der Waals surface area contributed by atoms with Crippen molar-refractivity contribution in [1.29, 1.82) is 0 Å². The van der Waals surface area contributed by atoms with E-state index in [0.29, 0.717) is 17.5 Å². The van der Waals surface area contributed by atoms with Gasteiger partial charge in [0, 0.05) is 19.3 Å². The first kappa shape index (κ1) is 23.4. The van der Waals surface area contributed by atoms with Crippen molar-refractivity contribution in [2.75, 3.05) is 18.5 Å². The quantitative estimate of drug-likeness (QED) is 0.475. The Bertz CT molecular complexity index is 1380. The maximum absolute atomic E-state index is 14.0. The fraction of sp³-hybridized carbons (Fsp3) is 0.300. The van der Waals surface area contributed by atoms with Gasteiger partial charge in [-0.05, 0) is 49.6 Å². The molecule has 1 saturated heterocycles. The van der Waals surface area contributed by atoms with Crippen LogP contribution in [0.2, 0.25) is 0 Å². The molecule has 0 N–H and O–H groups in total. The van der Waals surface area contributed by atoms with Gasteiger partial charge in [-0.15, -0.1) is 0 Å². The first-order valence-corrected chi connectivity index (χ1v) is 12.6. The van der Waals surface area contributed by atoms with Crippen molar-refractivity contribution in [3.8, 4) is 0 Å². The standard InChI is InChI=1S/C30H29N3O4/c1-29(2)28(36)33(37-19-20-11-5-4-6-12-20)27-30(29,23-15-9-10-16-24(23)31(27)3)17-18-32-25(34)21-13-7-8-14-22(21)26(32)35/h4-16,27H,17-19H2,1-3H3. The van der Waals surface area contributed by atoms with E-state index in [-0.39, 0.29) is 30.9 Å². The van der Waals surface area contributed by atoms with Crippen LogP contribution in [-0.4, -0.2) is 47.4 Å². The molecule has 0 spiro atoms. The van der Waals surface area contributed by atoms with Crippen LogP contribution in [-0.2, 0) is 21.7 Å². The summed E-state index contributed by atoms with van der Waals surface area (Å²) in [6.07, 6.45) is 0.000298. The molecule has 6 rings (SSSR count). The number of amides is 3. The Kier molecular flexibility index (Phi) is 5.24. The van der Waals surface area contributed by atoms with E-state index in [1.54, 1.807) is 24.3 Å². The normalized spacial score (nSPS) is 23.5. The zero-order valence-electron chi connectivity index (χ0n) is 21.2. The fourth-order valence-electron chi connectivity index (χ4n) is 6.51. The first-order valence-electron chi connectivity index (χ1n) is 12.6. The molecule has 1 fully saturated rings. The highest BCUT2D eigenvalue weighted by molar-refractivity contribution is 6.21. The molecular formula is C30H29N3O4. The van der Waals surface area contributed by atoms with Gasteiger partial charge in [0.15, 0.2) is 0 Å². The molecule has 3 aliphatic rings. The number of anilines is 1. The molecule has 0 bridgehead atoms. The van der Waals surface area contributed by atoms with E-state index in [4.69, 9.17) is 4.84 Å². The molecule has 0 saturated carbocycles. The van der Waals surface area contributed by atoms with Crippen LogP contribution in [0.5, 0.6) is 0 Å². The molecule has 3 aromatic rings. The Morgan fingerprint density at radius 2 is 1.41 bits per heavy atom. The highest BCUT2D eigenvalue weighted by Crippen LogP contribution is 2.62. The summed E-state index contributed by atoms with van der Waals surface area (Å²) in [6, 6.07) is 24.8. The molecule has 0 aromatic heterocycles. The average molecular weight is 496 g/mol. The summed E-state index contributed by atoms with van der Waals surface area (Å²) in [5.74, 6) is -0.683. The highest BCUT2D eigenvalue weighted by atomic mass is 16.7. The molecule has 2 atom stereocenters. The van der Waals surface area contributed by atoms with Crippen LogP contribution in [0.3, 0.4) is 0 Å². The summed E-state index contributed by atoms with van der Waals surface area (Å²) >= 11 is 0. The molecule has 0 aliphatic carbocycles. The molecule has 3 amide bonds. The highest BCUT2D eigenvalue weighted by Gasteiger charge is 2.70. The van der Waals surface area contributed by atoms with Crippen LogP contribution in [0.25, 0.3) is 0 Å². The van der Waals surface area contributed by atoms with Crippen molar-refractivity contribution < 1.29 is 19.2 Å². The third-order valence-corrected chi connectivity index (χ3v) is 8.47. The molecular weight excluding hydrogens is 466 g/mol. The lowest BCUT2D eigenvalue weighted by atomic mass is 9.61. The molecule has 3 heterocycles. The lowest BCUT2D eigenvalue weighted by molar-refractivity contribution is -0.198. The van der Waals surface area contributed by atoms with Gasteiger partial charge in [-0.3, -0.25) is 24.1 Å². The number of para-hydroxylation sites is 1. The van der Waals surface area contributed by atoms with Crippen LogP contribution in [0.1, 0.15) is 52.1 Å². The van der Waals surface area contributed by atoms with Crippen molar-refractivity contribution in [1.82, 2.24) is 9.96 Å². The number of hydroxylamine groups is 2. The van der Waals surface area contributed by atoms with Crippen LogP contribution < -0.4 is 4.90 Å². The third kappa shape index (κ3) is 3.13. The molecule has 7 heteroatoms. The molecule has 2 unspecified atom stereocenters. The molecule has 7 nitrogen and oxygen atoms in total. The Morgan fingerprint density at radius 3 is 2.08 bits per heavy atom. The summed E-state index contributed by atoms with van der Waals surface area (Å²) in [6.45, 7) is 4.37. The maximum atomic E-state index is 14.0. The van der Waals surface area contributed by atoms with Crippen LogP contribution in [0.4, 0.5) is 5.69 Å². The molecule has 3 aromatic carbocycles. The van der Waals surface area contributed by atoms with E-state index in [1.807, 2.05) is 69.4 Å². The molecule has 3 aliphatic heterocycles. The second kappa shape index (κ2) is 8.28. The van der Waals surface area contributed by atoms with E-state index in [0.717, 1.165) is 16.8 Å². The van der Waals surface area contributed by atoms with Gasteiger partial charge >= 0.3 is 0 Å². The van der Waals surface area contributed by atoms with E-state index >= 15 is 0 Å².